The van der Waals surface area contributed by atoms with Gasteiger partial charge in [-0.25, -0.2) is 9.59 Å². The van der Waals surface area contributed by atoms with Crippen molar-refractivity contribution in [3.8, 4) is 0 Å². The number of carboxylic acids is 2. The first-order valence-electron chi connectivity index (χ1n) is 6.01. The first-order chi connectivity index (χ1) is 9.81. The molecule has 7 nitrogen and oxygen atoms in total. The summed E-state index contributed by atoms with van der Waals surface area (Å²) >= 11 is 3.35. The highest BCUT2D eigenvalue weighted by atomic mass is 79.9. The van der Waals surface area contributed by atoms with Gasteiger partial charge in [-0.2, -0.15) is 0 Å². The summed E-state index contributed by atoms with van der Waals surface area (Å²) in [6.45, 7) is 0.257. The van der Waals surface area contributed by atoms with E-state index < -0.39 is 30.4 Å². The Morgan fingerprint density at radius 3 is 2.43 bits per heavy atom. The third kappa shape index (κ3) is 5.42. The fraction of sp³-hybridized carbons (Fsp3) is 0.308. The molecule has 3 N–H and O–H groups in total. The Labute approximate surface area is 129 Å². The monoisotopic (exact) mass is 358 g/mol. The molecule has 1 aromatic carbocycles. The number of hydrogen-bond acceptors (Lipinski definition) is 3. The molecule has 1 atom stereocenters. The Morgan fingerprint density at radius 2 is 1.90 bits per heavy atom. The van der Waals surface area contributed by atoms with Crippen molar-refractivity contribution in [3.05, 3.63) is 34.3 Å². The number of carbonyl (C=O) groups is 3. The van der Waals surface area contributed by atoms with Gasteiger partial charge in [-0.05, 0) is 11.6 Å². The quantitative estimate of drug-likeness (QED) is 0.714. The second kappa shape index (κ2) is 7.63. The maximum Gasteiger partial charge on any atom is 0.326 e. The zero-order valence-electron chi connectivity index (χ0n) is 11.2. The highest BCUT2D eigenvalue weighted by molar-refractivity contribution is 9.10. The van der Waals surface area contributed by atoms with Crippen LogP contribution in [0.2, 0.25) is 0 Å². The highest BCUT2D eigenvalue weighted by Gasteiger charge is 2.24. The van der Waals surface area contributed by atoms with E-state index >= 15 is 0 Å². The molecule has 0 bridgehead atoms. The van der Waals surface area contributed by atoms with Crippen LogP contribution in [0, 0.1) is 0 Å². The number of hydrogen-bond donors (Lipinski definition) is 3. The lowest BCUT2D eigenvalue weighted by Crippen LogP contribution is -2.47. The number of rotatable bonds is 6. The third-order valence-corrected chi connectivity index (χ3v) is 3.46. The molecule has 0 aliphatic heterocycles. The van der Waals surface area contributed by atoms with Crippen LogP contribution in [-0.2, 0) is 16.1 Å². The predicted molar refractivity (Wildman–Crippen MR) is 77.8 cm³/mol. The summed E-state index contributed by atoms with van der Waals surface area (Å²) in [6.07, 6.45) is -0.677. The molecule has 0 unspecified atom stereocenters. The molecule has 0 saturated carbocycles. The molecule has 0 fully saturated rings. The summed E-state index contributed by atoms with van der Waals surface area (Å²) in [4.78, 5) is 34.6. The van der Waals surface area contributed by atoms with Crippen LogP contribution in [0.15, 0.2) is 28.7 Å². The smallest absolute Gasteiger partial charge is 0.326 e. The molecular formula is C13H15BrN2O5. The average molecular weight is 359 g/mol. The standard InChI is InChI=1S/C13H15BrN2O5/c1-16(7-8-4-2-3-5-9(8)14)13(21)15-10(12(19)20)6-11(17)18/h2-5,10H,6-7H2,1H3,(H,15,21)(H,17,18)(H,19,20)/t10-/m1/s1. The van der Waals surface area contributed by atoms with E-state index in [1.54, 1.807) is 0 Å². The van der Waals surface area contributed by atoms with Crippen LogP contribution in [0.25, 0.3) is 0 Å². The number of carbonyl (C=O) groups excluding carboxylic acids is 1. The molecule has 2 amide bonds. The first-order valence-corrected chi connectivity index (χ1v) is 6.80. The summed E-state index contributed by atoms with van der Waals surface area (Å²) in [5, 5.41) is 19.7. The zero-order valence-corrected chi connectivity index (χ0v) is 12.8. The molecule has 8 heteroatoms. The van der Waals surface area contributed by atoms with E-state index in [-0.39, 0.29) is 6.54 Å². The number of benzene rings is 1. The fourth-order valence-corrected chi connectivity index (χ4v) is 2.00. The molecule has 0 spiro atoms. The molecule has 0 saturated heterocycles. The number of aliphatic carboxylic acids is 2. The van der Waals surface area contributed by atoms with Crippen LogP contribution >= 0.6 is 15.9 Å². The molecule has 0 radical (unpaired) electrons. The average Bonchev–Trinajstić information content (AvgIpc) is 2.39. The van der Waals surface area contributed by atoms with Crippen molar-refractivity contribution in [2.24, 2.45) is 0 Å². The van der Waals surface area contributed by atoms with Gasteiger partial charge in [0, 0.05) is 18.1 Å². The van der Waals surface area contributed by atoms with E-state index in [1.807, 2.05) is 24.3 Å². The topological polar surface area (TPSA) is 107 Å². The summed E-state index contributed by atoms with van der Waals surface area (Å²) < 4.78 is 0.824. The van der Waals surface area contributed by atoms with E-state index in [0.717, 1.165) is 10.0 Å². The molecule has 1 rings (SSSR count). The van der Waals surface area contributed by atoms with Crippen molar-refractivity contribution in [2.45, 2.75) is 19.0 Å². The summed E-state index contributed by atoms with van der Waals surface area (Å²) in [5.74, 6) is -2.68. The lowest BCUT2D eigenvalue weighted by atomic mass is 10.2. The third-order valence-electron chi connectivity index (χ3n) is 2.69. The first kappa shape index (κ1) is 17.0. The van der Waals surface area contributed by atoms with Crippen LogP contribution in [0.5, 0.6) is 0 Å². The number of amides is 2. The second-order valence-electron chi connectivity index (χ2n) is 4.39. The van der Waals surface area contributed by atoms with Gasteiger partial charge in [0.2, 0.25) is 0 Å². The van der Waals surface area contributed by atoms with Gasteiger partial charge in [-0.1, -0.05) is 34.1 Å². The molecule has 0 heterocycles. The Balaban J connectivity index is 2.67. The van der Waals surface area contributed by atoms with Gasteiger partial charge in [0.25, 0.3) is 0 Å². The van der Waals surface area contributed by atoms with E-state index in [2.05, 4.69) is 21.2 Å². The molecule has 114 valence electrons. The largest absolute Gasteiger partial charge is 0.481 e. The van der Waals surface area contributed by atoms with Crippen molar-refractivity contribution < 1.29 is 24.6 Å². The van der Waals surface area contributed by atoms with Gasteiger partial charge in [0.05, 0.1) is 6.42 Å². The minimum Gasteiger partial charge on any atom is -0.481 e. The number of nitrogens with zero attached hydrogens (tertiary/aromatic N) is 1. The SMILES string of the molecule is CN(Cc1ccccc1Br)C(=O)N[C@H](CC(=O)O)C(=O)O. The molecular weight excluding hydrogens is 344 g/mol. The predicted octanol–water partition coefficient (Wildman–Crippen LogP) is 1.52. The van der Waals surface area contributed by atoms with E-state index in [1.165, 1.54) is 11.9 Å². The van der Waals surface area contributed by atoms with Gasteiger partial charge in [-0.3, -0.25) is 4.79 Å². The Hall–Kier alpha value is -2.09. The maximum atomic E-state index is 11.9. The summed E-state index contributed by atoms with van der Waals surface area (Å²) in [5.41, 5.74) is 0.847. The van der Waals surface area contributed by atoms with Crippen LogP contribution in [0.4, 0.5) is 4.79 Å². The zero-order chi connectivity index (χ0) is 16.0. The number of carboxylic acid groups (broad SMARTS) is 2. The molecule has 21 heavy (non-hydrogen) atoms. The summed E-state index contributed by atoms with van der Waals surface area (Å²) in [7, 11) is 1.49. The fourth-order valence-electron chi connectivity index (χ4n) is 1.59. The highest BCUT2D eigenvalue weighted by Crippen LogP contribution is 2.17. The van der Waals surface area contributed by atoms with E-state index in [0.29, 0.717) is 0 Å². The van der Waals surface area contributed by atoms with Gasteiger partial charge >= 0.3 is 18.0 Å². The second-order valence-corrected chi connectivity index (χ2v) is 5.24. The van der Waals surface area contributed by atoms with Crippen LogP contribution in [-0.4, -0.2) is 46.2 Å². The van der Waals surface area contributed by atoms with Gasteiger partial charge in [0.15, 0.2) is 0 Å². The maximum absolute atomic E-state index is 11.9. The minimum atomic E-state index is -1.46. The number of halogens is 1. The van der Waals surface area contributed by atoms with Crippen molar-refractivity contribution >= 4 is 33.9 Å². The Morgan fingerprint density at radius 1 is 1.29 bits per heavy atom. The van der Waals surface area contributed by atoms with Crippen LogP contribution < -0.4 is 5.32 Å². The number of urea groups is 1. The van der Waals surface area contributed by atoms with Crippen LogP contribution in [0.1, 0.15) is 12.0 Å². The van der Waals surface area contributed by atoms with Gasteiger partial charge in [-0.15, -0.1) is 0 Å². The lowest BCUT2D eigenvalue weighted by Gasteiger charge is -2.21. The molecule has 1 aromatic rings. The molecule has 0 aromatic heterocycles. The normalized spacial score (nSPS) is 11.5. The number of nitrogens with one attached hydrogen (secondary N) is 1. The van der Waals surface area contributed by atoms with Crippen molar-refractivity contribution in [1.29, 1.82) is 0 Å². The molecule has 0 aliphatic carbocycles. The van der Waals surface area contributed by atoms with E-state index in [9.17, 15) is 14.4 Å². The Bertz CT molecular complexity index is 549. The Kier molecular flexibility index (Phi) is 6.16. The lowest BCUT2D eigenvalue weighted by molar-refractivity contribution is -0.145. The van der Waals surface area contributed by atoms with Crippen LogP contribution in [0.3, 0.4) is 0 Å². The molecule has 0 aliphatic rings. The van der Waals surface area contributed by atoms with Gasteiger partial charge < -0.3 is 20.4 Å². The van der Waals surface area contributed by atoms with Gasteiger partial charge in [0.1, 0.15) is 6.04 Å². The summed E-state index contributed by atoms with van der Waals surface area (Å²) in [6, 6.07) is 5.18. The van der Waals surface area contributed by atoms with Crippen molar-refractivity contribution in [1.82, 2.24) is 10.2 Å². The van der Waals surface area contributed by atoms with Crippen molar-refractivity contribution in [2.75, 3.05) is 7.05 Å². The minimum absolute atomic E-state index is 0.257. The van der Waals surface area contributed by atoms with Crippen molar-refractivity contribution in [3.63, 3.8) is 0 Å². The van der Waals surface area contributed by atoms with E-state index in [4.69, 9.17) is 10.2 Å².